The minimum atomic E-state index is 1.06. The molecule has 1 rings (SSSR count). The molecule has 1 aromatic rings. The maximum atomic E-state index is 3.62. The third-order valence-electron chi connectivity index (χ3n) is 1.31. The van der Waals surface area contributed by atoms with E-state index in [1.807, 2.05) is 36.4 Å². The lowest BCUT2D eigenvalue weighted by molar-refractivity contribution is 1.65. The van der Waals surface area contributed by atoms with Crippen LogP contribution in [0.3, 0.4) is 0 Å². The number of hydrogen-bond acceptors (Lipinski definition) is 0. The maximum Gasteiger partial charge on any atom is 0.0247 e. The van der Waals surface area contributed by atoms with Gasteiger partial charge in [0.15, 0.2) is 0 Å². The third kappa shape index (κ3) is 2.35. The number of rotatable bonds is 2. The summed E-state index contributed by atoms with van der Waals surface area (Å²) in [5, 5.41) is 0. The van der Waals surface area contributed by atoms with Gasteiger partial charge in [-0.25, -0.2) is 0 Å². The van der Waals surface area contributed by atoms with Crippen LogP contribution in [0.1, 0.15) is 5.56 Å². The van der Waals surface area contributed by atoms with Gasteiger partial charge >= 0.3 is 0 Å². The van der Waals surface area contributed by atoms with Gasteiger partial charge in [0.2, 0.25) is 0 Å². The molecule has 0 aliphatic heterocycles. The van der Waals surface area contributed by atoms with Crippen LogP contribution in [-0.2, 0) is 0 Å². The summed E-state index contributed by atoms with van der Waals surface area (Å²) in [6, 6.07) is 10.1. The molecule has 0 spiro atoms. The predicted octanol–water partition coefficient (Wildman–Crippen LogP) is 3.61. The second-order valence-electron chi connectivity index (χ2n) is 2.12. The lowest BCUT2D eigenvalue weighted by Gasteiger charge is -1.95. The average Bonchev–Trinajstić information content (AvgIpc) is 2.07. The van der Waals surface area contributed by atoms with E-state index in [9.17, 15) is 0 Å². The van der Waals surface area contributed by atoms with Crippen molar-refractivity contribution in [3.05, 3.63) is 54.6 Å². The first-order valence-corrected chi connectivity index (χ1v) is 4.17. The second-order valence-corrected chi connectivity index (χ2v) is 2.97. The first-order valence-electron chi connectivity index (χ1n) is 3.38. The molecule has 0 N–H and O–H groups in total. The molecule has 0 radical (unpaired) electrons. The first-order chi connectivity index (χ1) is 5.34. The lowest BCUT2D eigenvalue weighted by Crippen LogP contribution is -1.72. The van der Waals surface area contributed by atoms with Gasteiger partial charge in [0, 0.05) is 4.48 Å². The highest BCUT2D eigenvalue weighted by Gasteiger charge is 1.91. The SMILES string of the molecule is C=CC=C(Br)c1ccccc1. The van der Waals surface area contributed by atoms with Crippen molar-refractivity contribution in [2.75, 3.05) is 0 Å². The zero-order chi connectivity index (χ0) is 8.10. The van der Waals surface area contributed by atoms with E-state index >= 15 is 0 Å². The summed E-state index contributed by atoms with van der Waals surface area (Å²) >= 11 is 3.44. The smallest absolute Gasteiger partial charge is 0.0247 e. The summed E-state index contributed by atoms with van der Waals surface area (Å²) in [5.74, 6) is 0. The molecule has 0 atom stereocenters. The molecule has 0 aliphatic rings. The molecule has 0 aromatic heterocycles. The lowest BCUT2D eigenvalue weighted by atomic mass is 10.2. The monoisotopic (exact) mass is 208 g/mol. The van der Waals surface area contributed by atoms with Crippen LogP contribution >= 0.6 is 15.9 Å². The fourth-order valence-electron chi connectivity index (χ4n) is 0.797. The summed E-state index contributed by atoms with van der Waals surface area (Å²) in [7, 11) is 0. The van der Waals surface area contributed by atoms with E-state index in [0.29, 0.717) is 0 Å². The first kappa shape index (κ1) is 8.28. The molecule has 0 fully saturated rings. The summed E-state index contributed by atoms with van der Waals surface area (Å²) < 4.78 is 1.06. The largest absolute Gasteiger partial charge is 0.0990 e. The van der Waals surface area contributed by atoms with Gasteiger partial charge in [0.05, 0.1) is 0 Å². The fourth-order valence-corrected chi connectivity index (χ4v) is 1.25. The Kier molecular flexibility index (Phi) is 3.12. The summed E-state index contributed by atoms with van der Waals surface area (Å²) in [6.45, 7) is 3.62. The van der Waals surface area contributed by atoms with Gasteiger partial charge in [-0.15, -0.1) is 0 Å². The van der Waals surface area contributed by atoms with E-state index in [1.54, 1.807) is 6.08 Å². The molecule has 0 saturated carbocycles. The standard InChI is InChI=1S/C10H9Br/c1-2-6-10(11)9-7-4-3-5-8-9/h2-8H,1H2. The van der Waals surface area contributed by atoms with Crippen molar-refractivity contribution >= 4 is 20.4 Å². The summed E-state index contributed by atoms with van der Waals surface area (Å²) in [5.41, 5.74) is 1.17. The van der Waals surface area contributed by atoms with Crippen molar-refractivity contribution in [3.8, 4) is 0 Å². The molecule has 0 heterocycles. The van der Waals surface area contributed by atoms with Gasteiger partial charge in [0.25, 0.3) is 0 Å². The van der Waals surface area contributed by atoms with Crippen molar-refractivity contribution in [1.82, 2.24) is 0 Å². The Balaban J connectivity index is 2.94. The Bertz CT molecular complexity index is 259. The molecule has 0 amide bonds. The number of benzene rings is 1. The zero-order valence-electron chi connectivity index (χ0n) is 6.13. The molecular weight excluding hydrogens is 200 g/mol. The molecule has 1 aromatic carbocycles. The molecule has 0 unspecified atom stereocenters. The van der Waals surface area contributed by atoms with Crippen LogP contribution in [0, 0.1) is 0 Å². The highest BCUT2D eigenvalue weighted by Crippen LogP contribution is 2.19. The Labute approximate surface area is 75.4 Å². The van der Waals surface area contributed by atoms with Crippen molar-refractivity contribution in [3.63, 3.8) is 0 Å². The van der Waals surface area contributed by atoms with E-state index in [2.05, 4.69) is 22.5 Å². The molecule has 1 heteroatoms. The molecule has 0 saturated heterocycles. The number of hydrogen-bond donors (Lipinski definition) is 0. The van der Waals surface area contributed by atoms with E-state index in [4.69, 9.17) is 0 Å². The highest BCUT2D eigenvalue weighted by molar-refractivity contribution is 9.15. The Morgan fingerprint density at radius 1 is 1.27 bits per heavy atom. The fraction of sp³-hybridized carbons (Fsp3) is 0. The van der Waals surface area contributed by atoms with Crippen molar-refractivity contribution in [2.45, 2.75) is 0 Å². The van der Waals surface area contributed by atoms with Crippen molar-refractivity contribution in [1.29, 1.82) is 0 Å². The molecular formula is C10H9Br. The average molecular weight is 209 g/mol. The minimum Gasteiger partial charge on any atom is -0.0990 e. The Morgan fingerprint density at radius 3 is 2.45 bits per heavy atom. The van der Waals surface area contributed by atoms with Crippen molar-refractivity contribution in [2.24, 2.45) is 0 Å². The van der Waals surface area contributed by atoms with Crippen LogP contribution in [0.5, 0.6) is 0 Å². The van der Waals surface area contributed by atoms with Crippen molar-refractivity contribution < 1.29 is 0 Å². The molecule has 56 valence electrons. The Hall–Kier alpha value is -0.820. The summed E-state index contributed by atoms with van der Waals surface area (Å²) in [6.07, 6.45) is 3.69. The topological polar surface area (TPSA) is 0 Å². The Morgan fingerprint density at radius 2 is 1.91 bits per heavy atom. The molecule has 0 nitrogen and oxygen atoms in total. The summed E-state index contributed by atoms with van der Waals surface area (Å²) in [4.78, 5) is 0. The normalized spacial score (nSPS) is 11.2. The third-order valence-corrected chi connectivity index (χ3v) is 2.04. The maximum absolute atomic E-state index is 3.62. The van der Waals surface area contributed by atoms with E-state index < -0.39 is 0 Å². The van der Waals surface area contributed by atoms with Gasteiger partial charge in [-0.05, 0) is 11.6 Å². The highest BCUT2D eigenvalue weighted by atomic mass is 79.9. The quantitative estimate of drug-likeness (QED) is 0.652. The van der Waals surface area contributed by atoms with Crippen LogP contribution in [0.2, 0.25) is 0 Å². The molecule has 11 heavy (non-hydrogen) atoms. The number of allylic oxidation sites excluding steroid dienone is 2. The van der Waals surface area contributed by atoms with Crippen LogP contribution in [0.15, 0.2) is 49.1 Å². The molecule has 0 bridgehead atoms. The van der Waals surface area contributed by atoms with E-state index in [1.165, 1.54) is 5.56 Å². The van der Waals surface area contributed by atoms with Crippen LogP contribution in [0.25, 0.3) is 4.48 Å². The molecule has 0 aliphatic carbocycles. The predicted molar refractivity (Wildman–Crippen MR) is 53.5 cm³/mol. The van der Waals surface area contributed by atoms with Gasteiger partial charge < -0.3 is 0 Å². The van der Waals surface area contributed by atoms with E-state index in [0.717, 1.165) is 4.48 Å². The minimum absolute atomic E-state index is 1.06. The second kappa shape index (κ2) is 4.14. The van der Waals surface area contributed by atoms with Gasteiger partial charge in [0.1, 0.15) is 0 Å². The van der Waals surface area contributed by atoms with Crippen LogP contribution in [0.4, 0.5) is 0 Å². The van der Waals surface area contributed by atoms with Crippen LogP contribution in [-0.4, -0.2) is 0 Å². The van der Waals surface area contributed by atoms with Crippen LogP contribution < -0.4 is 0 Å². The van der Waals surface area contributed by atoms with Gasteiger partial charge in [-0.3, -0.25) is 0 Å². The zero-order valence-corrected chi connectivity index (χ0v) is 7.71. The number of halogens is 1. The van der Waals surface area contributed by atoms with Gasteiger partial charge in [-0.2, -0.15) is 0 Å². The van der Waals surface area contributed by atoms with E-state index in [-0.39, 0.29) is 0 Å². The van der Waals surface area contributed by atoms with Gasteiger partial charge in [-0.1, -0.05) is 58.9 Å².